The summed E-state index contributed by atoms with van der Waals surface area (Å²) in [6.45, 7) is -0.0248. The predicted molar refractivity (Wildman–Crippen MR) is 177 cm³/mol. The number of hydrogen-bond donors (Lipinski definition) is 3. The average Bonchev–Trinajstić information content (AvgIpc) is 3.49. The van der Waals surface area contributed by atoms with E-state index in [9.17, 15) is 27.9 Å². The number of nitrogens with zero attached hydrogens (tertiary/aromatic N) is 3. The molecule has 0 bridgehead atoms. The van der Waals surface area contributed by atoms with Crippen LogP contribution < -0.4 is 10.6 Å². The molecule has 11 nitrogen and oxygen atoms in total. The topological polar surface area (TPSA) is 159 Å². The Morgan fingerprint density at radius 3 is 2.13 bits per heavy atom. The molecule has 3 heterocycles. The SMILES string of the molecule is O=C(Nc1ccc(C[C@H](NC(=O)C2(c3ccncc3)CCCN2S(=O)(=O)c2cc(Cl)cc(Cl)c2)C(=O)O)cc1)c1c(Cl)cncc1Cl. The molecule has 5 rings (SSSR count). The highest BCUT2D eigenvalue weighted by Gasteiger charge is 2.55. The van der Waals surface area contributed by atoms with E-state index in [1.807, 2.05) is 0 Å². The Kier molecular flexibility index (Phi) is 10.4. The molecule has 0 saturated carbocycles. The molecule has 1 unspecified atom stereocenters. The zero-order chi connectivity index (χ0) is 33.9. The average molecular weight is 737 g/mol. The second-order valence-corrected chi connectivity index (χ2v) is 14.1. The first-order valence-corrected chi connectivity index (χ1v) is 16.9. The fourth-order valence-electron chi connectivity index (χ4n) is 5.46. The van der Waals surface area contributed by atoms with Crippen LogP contribution in [-0.2, 0) is 31.6 Å². The number of nitrogens with one attached hydrogen (secondary N) is 2. The third kappa shape index (κ3) is 7.23. The van der Waals surface area contributed by atoms with Gasteiger partial charge in [-0.2, -0.15) is 4.31 Å². The van der Waals surface area contributed by atoms with E-state index >= 15 is 0 Å². The molecule has 16 heteroatoms. The molecular formula is C31H25Cl4N5O6S. The third-order valence-electron chi connectivity index (χ3n) is 7.62. The molecule has 2 aromatic carbocycles. The molecule has 2 atom stereocenters. The minimum Gasteiger partial charge on any atom is -0.480 e. The van der Waals surface area contributed by atoms with Crippen LogP contribution in [0, 0.1) is 0 Å². The van der Waals surface area contributed by atoms with Crippen LogP contribution in [0.1, 0.15) is 34.3 Å². The van der Waals surface area contributed by atoms with E-state index in [0.29, 0.717) is 23.2 Å². The maximum absolute atomic E-state index is 14.2. The fraction of sp³-hybridized carbons (Fsp3) is 0.194. The van der Waals surface area contributed by atoms with E-state index < -0.39 is 39.4 Å². The Morgan fingerprint density at radius 2 is 1.53 bits per heavy atom. The first-order valence-electron chi connectivity index (χ1n) is 14.0. The van der Waals surface area contributed by atoms with Gasteiger partial charge in [0.1, 0.15) is 11.6 Å². The van der Waals surface area contributed by atoms with Crippen molar-refractivity contribution >= 4 is 79.9 Å². The lowest BCUT2D eigenvalue weighted by Crippen LogP contribution is -2.58. The van der Waals surface area contributed by atoms with E-state index in [1.165, 1.54) is 55.1 Å². The summed E-state index contributed by atoms with van der Waals surface area (Å²) in [5, 5.41) is 15.7. The molecule has 2 amide bonds. The Morgan fingerprint density at radius 1 is 0.915 bits per heavy atom. The molecule has 3 N–H and O–H groups in total. The van der Waals surface area contributed by atoms with Crippen molar-refractivity contribution in [3.05, 3.63) is 116 Å². The number of amides is 2. The largest absolute Gasteiger partial charge is 0.480 e. The number of benzene rings is 2. The number of carboxylic acid groups (broad SMARTS) is 1. The first-order chi connectivity index (χ1) is 22.3. The molecule has 1 aliphatic heterocycles. The van der Waals surface area contributed by atoms with Gasteiger partial charge in [-0.3, -0.25) is 19.6 Å². The maximum Gasteiger partial charge on any atom is 0.326 e. The molecule has 4 aromatic rings. The van der Waals surface area contributed by atoms with E-state index in [1.54, 1.807) is 24.3 Å². The summed E-state index contributed by atoms with van der Waals surface area (Å²) >= 11 is 24.4. The number of halogens is 4. The van der Waals surface area contributed by atoms with Crippen LogP contribution in [0.5, 0.6) is 0 Å². The summed E-state index contributed by atoms with van der Waals surface area (Å²) in [6, 6.07) is 11.7. The normalized spacial score (nSPS) is 17.2. The van der Waals surface area contributed by atoms with Crippen molar-refractivity contribution in [3.8, 4) is 0 Å². The fourth-order valence-corrected chi connectivity index (χ4v) is 8.51. The third-order valence-corrected chi connectivity index (χ3v) is 10.5. The number of aromatic nitrogens is 2. The van der Waals surface area contributed by atoms with Crippen LogP contribution in [0.4, 0.5) is 5.69 Å². The van der Waals surface area contributed by atoms with Gasteiger partial charge in [-0.05, 0) is 66.4 Å². The lowest BCUT2D eigenvalue weighted by molar-refractivity contribution is -0.143. The number of carbonyl (C=O) groups excluding carboxylic acids is 2. The Balaban J connectivity index is 1.41. The van der Waals surface area contributed by atoms with Gasteiger partial charge in [0.25, 0.3) is 5.91 Å². The highest BCUT2D eigenvalue weighted by molar-refractivity contribution is 7.89. The Hall–Kier alpha value is -3.78. The van der Waals surface area contributed by atoms with Gasteiger partial charge in [-0.15, -0.1) is 0 Å². The number of sulfonamides is 1. The zero-order valence-electron chi connectivity index (χ0n) is 24.2. The molecule has 1 aliphatic rings. The van der Waals surface area contributed by atoms with Crippen molar-refractivity contribution in [2.45, 2.75) is 35.7 Å². The molecular weight excluding hydrogens is 712 g/mol. The molecule has 1 saturated heterocycles. The smallest absolute Gasteiger partial charge is 0.326 e. The van der Waals surface area contributed by atoms with Gasteiger partial charge in [-0.25, -0.2) is 13.2 Å². The lowest BCUT2D eigenvalue weighted by atomic mass is 9.87. The minimum atomic E-state index is -4.36. The molecule has 0 radical (unpaired) electrons. The molecule has 0 spiro atoms. The molecule has 244 valence electrons. The van der Waals surface area contributed by atoms with Gasteiger partial charge in [0.05, 0.1) is 20.5 Å². The number of aliphatic carboxylic acids is 1. The quantitative estimate of drug-likeness (QED) is 0.183. The summed E-state index contributed by atoms with van der Waals surface area (Å²) in [5.41, 5.74) is -0.543. The predicted octanol–water partition coefficient (Wildman–Crippen LogP) is 5.83. The molecule has 0 aliphatic carbocycles. The molecule has 2 aromatic heterocycles. The highest BCUT2D eigenvalue weighted by atomic mass is 35.5. The van der Waals surface area contributed by atoms with Crippen molar-refractivity contribution in [2.24, 2.45) is 0 Å². The van der Waals surface area contributed by atoms with E-state index in [0.717, 1.165) is 4.31 Å². The number of carboxylic acids is 1. The highest BCUT2D eigenvalue weighted by Crippen LogP contribution is 2.43. The molecule has 1 fully saturated rings. The monoisotopic (exact) mass is 735 g/mol. The van der Waals surface area contributed by atoms with Crippen LogP contribution in [0.3, 0.4) is 0 Å². The van der Waals surface area contributed by atoms with Crippen molar-refractivity contribution in [1.82, 2.24) is 19.6 Å². The van der Waals surface area contributed by atoms with Crippen molar-refractivity contribution in [3.63, 3.8) is 0 Å². The van der Waals surface area contributed by atoms with Gasteiger partial charge >= 0.3 is 5.97 Å². The summed E-state index contributed by atoms with van der Waals surface area (Å²) in [4.78, 5) is 47.0. The van der Waals surface area contributed by atoms with Crippen LogP contribution in [0.2, 0.25) is 20.1 Å². The standard InChI is InChI=1S/C31H25Cl4N5O6S/c32-20-13-21(33)15-23(14-20)47(45,46)40-11-1-8-31(40,19-6-9-36-10-7-19)30(44)39-26(29(42)43)12-18-2-4-22(5-3-18)38-28(41)27-24(34)16-37-17-25(27)35/h2-7,9-10,13-17,26H,1,8,11-12H2,(H,38,41)(H,39,44)(H,42,43)/t26-,31?/m0/s1. The Labute approximate surface area is 289 Å². The Bertz CT molecular complexity index is 1910. The van der Waals surface area contributed by atoms with Crippen molar-refractivity contribution < 1.29 is 27.9 Å². The minimum absolute atomic E-state index is 0.0248. The number of hydrogen-bond acceptors (Lipinski definition) is 7. The summed E-state index contributed by atoms with van der Waals surface area (Å²) in [5.74, 6) is -2.72. The van der Waals surface area contributed by atoms with Crippen LogP contribution in [0.15, 0.2) is 84.3 Å². The number of pyridine rings is 2. The van der Waals surface area contributed by atoms with Crippen molar-refractivity contribution in [2.75, 3.05) is 11.9 Å². The van der Waals surface area contributed by atoms with Crippen LogP contribution in [-0.4, -0.2) is 58.2 Å². The van der Waals surface area contributed by atoms with Gasteiger partial charge < -0.3 is 15.7 Å². The van der Waals surface area contributed by atoms with Crippen LogP contribution in [0.25, 0.3) is 0 Å². The second-order valence-electron chi connectivity index (χ2n) is 10.6. The van der Waals surface area contributed by atoms with Gasteiger partial charge in [-0.1, -0.05) is 58.5 Å². The van der Waals surface area contributed by atoms with Crippen LogP contribution >= 0.6 is 46.4 Å². The van der Waals surface area contributed by atoms with E-state index in [4.69, 9.17) is 46.4 Å². The number of rotatable bonds is 10. The zero-order valence-corrected chi connectivity index (χ0v) is 28.0. The second kappa shape index (κ2) is 14.1. The molecule has 47 heavy (non-hydrogen) atoms. The first kappa shape index (κ1) is 34.6. The van der Waals surface area contributed by atoms with E-state index in [-0.39, 0.29) is 49.9 Å². The number of carbonyl (C=O) groups is 3. The van der Waals surface area contributed by atoms with Crippen molar-refractivity contribution in [1.29, 1.82) is 0 Å². The van der Waals surface area contributed by atoms with Gasteiger partial charge in [0.15, 0.2) is 0 Å². The summed E-state index contributed by atoms with van der Waals surface area (Å²) < 4.78 is 29.1. The van der Waals surface area contributed by atoms with E-state index in [2.05, 4.69) is 20.6 Å². The summed E-state index contributed by atoms with van der Waals surface area (Å²) in [7, 11) is -4.36. The lowest BCUT2D eigenvalue weighted by Gasteiger charge is -2.37. The van der Waals surface area contributed by atoms with Gasteiger partial charge in [0, 0.05) is 53.5 Å². The van der Waals surface area contributed by atoms with Gasteiger partial charge in [0.2, 0.25) is 15.9 Å². The number of anilines is 1. The maximum atomic E-state index is 14.2. The summed E-state index contributed by atoms with van der Waals surface area (Å²) in [6.07, 6.45) is 5.66.